The van der Waals surface area contributed by atoms with Crippen LogP contribution in [-0.2, 0) is 11.4 Å². The van der Waals surface area contributed by atoms with E-state index in [0.717, 1.165) is 10.9 Å². The smallest absolute Gasteiger partial charge is 0.136 e. The third-order valence-corrected chi connectivity index (χ3v) is 5.05. The number of hydrogen-bond acceptors (Lipinski definition) is 3. The van der Waals surface area contributed by atoms with E-state index >= 15 is 0 Å². The number of benzene rings is 1. The molecular formula is C15H18ClFN2OS. The van der Waals surface area contributed by atoms with Crippen LogP contribution in [0.1, 0.15) is 39.3 Å². The van der Waals surface area contributed by atoms with Crippen molar-refractivity contribution < 1.29 is 8.94 Å². The maximum Gasteiger partial charge on any atom is 0.136 e. The molecule has 21 heavy (non-hydrogen) atoms. The molecule has 0 saturated carbocycles. The summed E-state index contributed by atoms with van der Waals surface area (Å²) >= 11 is 4.97. The van der Waals surface area contributed by atoms with Crippen LogP contribution < -0.4 is 4.72 Å². The molecule has 2 atom stereocenters. The van der Waals surface area contributed by atoms with Crippen LogP contribution in [0.25, 0.3) is 10.9 Å². The lowest BCUT2D eigenvalue weighted by atomic mass is 10.1. The summed E-state index contributed by atoms with van der Waals surface area (Å²) < 4.78 is 28.0. The van der Waals surface area contributed by atoms with E-state index < -0.39 is 11.4 Å². The van der Waals surface area contributed by atoms with Crippen LogP contribution in [0.5, 0.6) is 0 Å². The number of halogens is 2. The molecule has 1 aromatic heterocycles. The Kier molecular flexibility index (Phi) is 4.78. The summed E-state index contributed by atoms with van der Waals surface area (Å²) in [4.78, 5) is 4.21. The van der Waals surface area contributed by atoms with E-state index in [1.54, 1.807) is 6.07 Å². The number of pyridine rings is 1. The van der Waals surface area contributed by atoms with E-state index in [2.05, 4.69) is 9.71 Å². The summed E-state index contributed by atoms with van der Waals surface area (Å²) in [6, 6.07) is 6.01. The molecule has 2 aromatic rings. The van der Waals surface area contributed by atoms with Gasteiger partial charge in [-0.15, -0.1) is 4.72 Å². The predicted molar refractivity (Wildman–Crippen MR) is 86.2 cm³/mol. The Morgan fingerprint density at radius 3 is 2.62 bits per heavy atom. The molecule has 0 amide bonds. The Hall–Kier alpha value is -0.880. The van der Waals surface area contributed by atoms with Gasteiger partial charge in [0.15, 0.2) is 0 Å². The molecule has 0 aliphatic carbocycles. The van der Waals surface area contributed by atoms with Crippen molar-refractivity contribution in [3.05, 3.63) is 40.8 Å². The van der Waals surface area contributed by atoms with Crippen molar-refractivity contribution in [2.24, 2.45) is 0 Å². The van der Waals surface area contributed by atoms with Gasteiger partial charge in [0.2, 0.25) is 0 Å². The highest BCUT2D eigenvalue weighted by atomic mass is 35.5. The monoisotopic (exact) mass is 328 g/mol. The molecule has 1 aromatic carbocycles. The number of fused-ring (bicyclic) bond motifs is 1. The van der Waals surface area contributed by atoms with Crippen molar-refractivity contribution in [2.45, 2.75) is 38.5 Å². The van der Waals surface area contributed by atoms with Gasteiger partial charge in [0.1, 0.15) is 15.7 Å². The normalized spacial score (nSPS) is 15.2. The molecule has 0 aliphatic rings. The van der Waals surface area contributed by atoms with E-state index in [0.29, 0.717) is 10.7 Å². The fourth-order valence-corrected chi connectivity index (χ4v) is 2.95. The predicted octanol–water partition coefficient (Wildman–Crippen LogP) is 4.14. The largest absolute Gasteiger partial charge is 0.598 e. The van der Waals surface area contributed by atoms with Gasteiger partial charge in [-0.05, 0) is 45.9 Å². The van der Waals surface area contributed by atoms with Gasteiger partial charge in [-0.2, -0.15) is 0 Å². The second kappa shape index (κ2) is 6.08. The molecule has 6 heteroatoms. The Morgan fingerprint density at radius 2 is 2.00 bits per heavy atom. The summed E-state index contributed by atoms with van der Waals surface area (Å²) in [6.07, 6.45) is 0. The summed E-state index contributed by atoms with van der Waals surface area (Å²) in [6.45, 7) is 7.56. The van der Waals surface area contributed by atoms with Gasteiger partial charge in [-0.1, -0.05) is 11.6 Å². The minimum Gasteiger partial charge on any atom is -0.598 e. The van der Waals surface area contributed by atoms with Crippen molar-refractivity contribution in [3.8, 4) is 0 Å². The molecule has 2 rings (SSSR count). The number of nitrogens with one attached hydrogen (secondary N) is 1. The van der Waals surface area contributed by atoms with Gasteiger partial charge in [0, 0.05) is 28.4 Å². The summed E-state index contributed by atoms with van der Waals surface area (Å²) in [5.74, 6) is -0.348. The minimum absolute atomic E-state index is 0.223. The van der Waals surface area contributed by atoms with E-state index in [4.69, 9.17) is 11.6 Å². The van der Waals surface area contributed by atoms with E-state index in [1.807, 2.05) is 33.8 Å². The summed E-state index contributed by atoms with van der Waals surface area (Å²) in [7, 11) is 0. The Morgan fingerprint density at radius 1 is 1.33 bits per heavy atom. The van der Waals surface area contributed by atoms with Crippen molar-refractivity contribution in [1.82, 2.24) is 9.71 Å². The zero-order chi connectivity index (χ0) is 15.8. The first-order valence-electron chi connectivity index (χ1n) is 6.62. The molecule has 1 N–H and O–H groups in total. The fourth-order valence-electron chi connectivity index (χ4n) is 1.84. The zero-order valence-corrected chi connectivity index (χ0v) is 14.0. The SMILES string of the molecule is C[C@H](N[S@+]([O-])C(C)(C)C)c1cc2ccc(F)cc2nc1Cl. The van der Waals surface area contributed by atoms with E-state index in [1.165, 1.54) is 12.1 Å². The average Bonchev–Trinajstić information content (AvgIpc) is 2.36. The lowest BCUT2D eigenvalue weighted by molar-refractivity contribution is 0.531. The maximum atomic E-state index is 13.2. The maximum absolute atomic E-state index is 13.2. The van der Waals surface area contributed by atoms with Gasteiger partial charge < -0.3 is 4.55 Å². The lowest BCUT2D eigenvalue weighted by Crippen LogP contribution is -2.40. The molecule has 3 nitrogen and oxygen atoms in total. The van der Waals surface area contributed by atoms with Gasteiger partial charge in [0.05, 0.1) is 11.6 Å². The van der Waals surface area contributed by atoms with Crippen molar-refractivity contribution >= 4 is 33.9 Å². The van der Waals surface area contributed by atoms with Crippen molar-refractivity contribution in [3.63, 3.8) is 0 Å². The molecule has 114 valence electrons. The molecule has 1 heterocycles. The topological polar surface area (TPSA) is 48.0 Å². The first-order valence-corrected chi connectivity index (χ1v) is 8.15. The Bertz CT molecular complexity index is 660. The van der Waals surface area contributed by atoms with Crippen LogP contribution in [-0.4, -0.2) is 14.3 Å². The van der Waals surface area contributed by atoms with Crippen LogP contribution in [0.15, 0.2) is 24.3 Å². The number of nitrogens with zero attached hydrogens (tertiary/aromatic N) is 1. The van der Waals surface area contributed by atoms with E-state index in [9.17, 15) is 8.94 Å². The van der Waals surface area contributed by atoms with Crippen LogP contribution in [0.4, 0.5) is 4.39 Å². The third kappa shape index (κ3) is 3.86. The molecule has 0 saturated heterocycles. The molecule has 0 bridgehead atoms. The molecule has 0 aliphatic heterocycles. The summed E-state index contributed by atoms with van der Waals surface area (Å²) in [5, 5.41) is 1.09. The molecular weight excluding hydrogens is 311 g/mol. The van der Waals surface area contributed by atoms with Gasteiger partial charge in [-0.25, -0.2) is 9.37 Å². The van der Waals surface area contributed by atoms with Crippen molar-refractivity contribution in [1.29, 1.82) is 0 Å². The highest BCUT2D eigenvalue weighted by Gasteiger charge is 2.29. The molecule has 0 unspecified atom stereocenters. The lowest BCUT2D eigenvalue weighted by Gasteiger charge is -2.26. The van der Waals surface area contributed by atoms with Crippen LogP contribution in [0.3, 0.4) is 0 Å². The van der Waals surface area contributed by atoms with Gasteiger partial charge >= 0.3 is 0 Å². The first kappa shape index (κ1) is 16.5. The fraction of sp³-hybridized carbons (Fsp3) is 0.400. The minimum atomic E-state index is -1.21. The average molecular weight is 329 g/mol. The number of hydrogen-bond donors (Lipinski definition) is 1. The number of aromatic nitrogens is 1. The first-order chi connectivity index (χ1) is 9.68. The van der Waals surface area contributed by atoms with Crippen LogP contribution >= 0.6 is 11.6 Å². The zero-order valence-electron chi connectivity index (χ0n) is 12.4. The quantitative estimate of drug-likeness (QED) is 0.680. The summed E-state index contributed by atoms with van der Waals surface area (Å²) in [5.41, 5.74) is 1.25. The van der Waals surface area contributed by atoms with E-state index in [-0.39, 0.29) is 16.6 Å². The van der Waals surface area contributed by atoms with Gasteiger partial charge in [-0.3, -0.25) is 0 Å². The highest BCUT2D eigenvalue weighted by molar-refractivity contribution is 7.90. The molecule has 0 fully saturated rings. The second-order valence-electron chi connectivity index (χ2n) is 5.93. The standard InChI is InChI=1S/C15H18ClFN2OS/c1-9(19-21(20)15(2,3)4)12-7-10-5-6-11(17)8-13(10)18-14(12)16/h5-9,19H,1-4H3/t9-,21+/m0/s1. The molecule has 0 radical (unpaired) electrons. The third-order valence-electron chi connectivity index (χ3n) is 3.07. The number of rotatable bonds is 3. The Labute approximate surface area is 132 Å². The highest BCUT2D eigenvalue weighted by Crippen LogP contribution is 2.27. The van der Waals surface area contributed by atoms with Gasteiger partial charge in [0.25, 0.3) is 0 Å². The molecule has 0 spiro atoms. The second-order valence-corrected chi connectivity index (χ2v) is 8.28. The Balaban J connectivity index is 2.33. The van der Waals surface area contributed by atoms with Crippen molar-refractivity contribution in [2.75, 3.05) is 0 Å². The van der Waals surface area contributed by atoms with Crippen LogP contribution in [0, 0.1) is 5.82 Å². The van der Waals surface area contributed by atoms with Crippen LogP contribution in [0.2, 0.25) is 5.15 Å².